The highest BCUT2D eigenvalue weighted by Crippen LogP contribution is 2.37. The zero-order chi connectivity index (χ0) is 23.1. The lowest BCUT2D eigenvalue weighted by molar-refractivity contribution is -0.122. The number of barbiturate groups is 1. The molecule has 0 unspecified atom stereocenters. The molecule has 0 bridgehead atoms. The molecule has 1 fully saturated rings. The number of nitrogens with zero attached hydrogens (tertiary/aromatic N) is 1. The zero-order valence-electron chi connectivity index (χ0n) is 18.0. The molecule has 2 aromatic carbocycles. The third-order valence-corrected chi connectivity index (χ3v) is 5.51. The second-order valence-electron chi connectivity index (χ2n) is 7.24. The fourth-order valence-corrected chi connectivity index (χ4v) is 3.88. The first-order valence-corrected chi connectivity index (χ1v) is 11.2. The van der Waals surface area contributed by atoms with Crippen molar-refractivity contribution in [3.8, 4) is 11.5 Å². The van der Waals surface area contributed by atoms with E-state index in [1.807, 2.05) is 0 Å². The summed E-state index contributed by atoms with van der Waals surface area (Å²) in [5, 5.41) is 2.22. The van der Waals surface area contributed by atoms with Gasteiger partial charge in [-0.05, 0) is 58.3 Å². The first-order valence-electron chi connectivity index (χ1n) is 10.4. The quantitative estimate of drug-likeness (QED) is 0.294. The molecule has 3 rings (SSSR count). The molecule has 0 aliphatic carbocycles. The minimum atomic E-state index is -0.783. The first kappa shape index (κ1) is 23.5. The predicted molar refractivity (Wildman–Crippen MR) is 126 cm³/mol. The van der Waals surface area contributed by atoms with Gasteiger partial charge in [0.25, 0.3) is 11.8 Å². The Balaban J connectivity index is 1.87. The Hall–Kier alpha value is -3.13. The molecule has 4 amide bonds. The summed E-state index contributed by atoms with van der Waals surface area (Å²) in [6, 6.07) is 11.1. The Morgan fingerprint density at radius 3 is 2.50 bits per heavy atom. The average molecular weight is 501 g/mol. The molecule has 1 aliphatic heterocycles. The number of para-hydroxylation sites is 1. The van der Waals surface area contributed by atoms with Crippen LogP contribution in [0.15, 0.2) is 52.5 Å². The fraction of sp³-hybridized carbons (Fsp3) is 0.292. The molecule has 32 heavy (non-hydrogen) atoms. The van der Waals surface area contributed by atoms with E-state index in [0.29, 0.717) is 33.8 Å². The number of amides is 4. The maximum Gasteiger partial charge on any atom is 0.335 e. The third-order valence-electron chi connectivity index (χ3n) is 4.92. The van der Waals surface area contributed by atoms with Crippen LogP contribution in [0.1, 0.15) is 38.2 Å². The summed E-state index contributed by atoms with van der Waals surface area (Å²) in [6.45, 7) is 2.71. The van der Waals surface area contributed by atoms with Crippen molar-refractivity contribution in [2.45, 2.75) is 32.6 Å². The van der Waals surface area contributed by atoms with Crippen LogP contribution < -0.4 is 19.7 Å². The van der Waals surface area contributed by atoms with E-state index < -0.39 is 17.8 Å². The van der Waals surface area contributed by atoms with Crippen LogP contribution >= 0.6 is 15.9 Å². The van der Waals surface area contributed by atoms with Crippen LogP contribution in [-0.2, 0) is 9.59 Å². The predicted octanol–water partition coefficient (Wildman–Crippen LogP) is 5.08. The van der Waals surface area contributed by atoms with E-state index in [4.69, 9.17) is 9.47 Å². The Morgan fingerprint density at radius 2 is 1.81 bits per heavy atom. The highest BCUT2D eigenvalue weighted by Gasteiger charge is 2.36. The number of unbranched alkanes of at least 4 members (excludes halogenated alkanes) is 3. The summed E-state index contributed by atoms with van der Waals surface area (Å²) in [5.74, 6) is -0.414. The molecule has 1 aliphatic rings. The van der Waals surface area contributed by atoms with Crippen molar-refractivity contribution < 1.29 is 23.9 Å². The summed E-state index contributed by atoms with van der Waals surface area (Å²) in [7, 11) is 1.52. The van der Waals surface area contributed by atoms with Gasteiger partial charge >= 0.3 is 6.03 Å². The van der Waals surface area contributed by atoms with Gasteiger partial charge in [-0.25, -0.2) is 9.69 Å². The van der Waals surface area contributed by atoms with Crippen molar-refractivity contribution >= 4 is 45.5 Å². The number of ether oxygens (including phenoxy) is 2. The van der Waals surface area contributed by atoms with Crippen LogP contribution in [0.25, 0.3) is 6.08 Å². The number of methoxy groups -OCH3 is 1. The number of imide groups is 2. The van der Waals surface area contributed by atoms with Gasteiger partial charge in [0.15, 0.2) is 11.5 Å². The van der Waals surface area contributed by atoms with Gasteiger partial charge in [0.2, 0.25) is 0 Å². The van der Waals surface area contributed by atoms with E-state index >= 15 is 0 Å². The van der Waals surface area contributed by atoms with Crippen LogP contribution in [-0.4, -0.2) is 31.6 Å². The summed E-state index contributed by atoms with van der Waals surface area (Å²) < 4.78 is 12.0. The van der Waals surface area contributed by atoms with Crippen molar-refractivity contribution in [2.24, 2.45) is 0 Å². The van der Waals surface area contributed by atoms with Gasteiger partial charge in [-0.2, -0.15) is 0 Å². The SMILES string of the molecule is CCCCCCOc1c(Br)cc(/C=C2/C(=O)NC(=O)N(c3ccccc3)C2=O)cc1OC. The van der Waals surface area contributed by atoms with E-state index in [1.165, 1.54) is 13.2 Å². The van der Waals surface area contributed by atoms with Crippen LogP contribution in [0.4, 0.5) is 10.5 Å². The molecule has 168 valence electrons. The number of benzene rings is 2. The molecular formula is C24H25BrN2O5. The van der Waals surface area contributed by atoms with Crippen LogP contribution in [0.5, 0.6) is 11.5 Å². The van der Waals surface area contributed by atoms with E-state index in [9.17, 15) is 14.4 Å². The first-order chi connectivity index (χ1) is 15.5. The summed E-state index contributed by atoms with van der Waals surface area (Å²) >= 11 is 3.49. The summed E-state index contributed by atoms with van der Waals surface area (Å²) in [6.07, 6.45) is 5.77. The van der Waals surface area contributed by atoms with Gasteiger partial charge in [-0.15, -0.1) is 0 Å². The van der Waals surface area contributed by atoms with Crippen molar-refractivity contribution in [3.63, 3.8) is 0 Å². The molecule has 1 N–H and O–H groups in total. The van der Waals surface area contributed by atoms with Gasteiger partial charge in [-0.1, -0.05) is 44.4 Å². The minimum Gasteiger partial charge on any atom is -0.493 e. The second-order valence-corrected chi connectivity index (χ2v) is 8.09. The standard InChI is InChI=1S/C24H25BrN2O5/c1-3-4-5-9-12-32-21-19(25)14-16(15-20(21)31-2)13-18-22(28)26-24(30)27(23(18)29)17-10-7-6-8-11-17/h6-8,10-11,13-15H,3-5,9,12H2,1-2H3,(H,26,28,30)/b18-13-. The molecule has 7 nitrogen and oxygen atoms in total. The second kappa shape index (κ2) is 10.9. The van der Waals surface area contributed by atoms with Crippen LogP contribution in [0.3, 0.4) is 0 Å². The number of halogens is 1. The van der Waals surface area contributed by atoms with Crippen LogP contribution in [0.2, 0.25) is 0 Å². The van der Waals surface area contributed by atoms with Crippen molar-refractivity contribution in [2.75, 3.05) is 18.6 Å². The molecule has 0 spiro atoms. The molecule has 0 radical (unpaired) electrons. The Bertz CT molecular complexity index is 1040. The minimum absolute atomic E-state index is 0.157. The normalized spacial score (nSPS) is 15.2. The largest absolute Gasteiger partial charge is 0.493 e. The molecule has 0 aromatic heterocycles. The number of hydrogen-bond acceptors (Lipinski definition) is 5. The van der Waals surface area contributed by atoms with Gasteiger partial charge in [0.05, 0.1) is 23.9 Å². The van der Waals surface area contributed by atoms with Crippen LogP contribution in [0, 0.1) is 0 Å². The van der Waals surface area contributed by atoms with E-state index in [0.717, 1.165) is 30.6 Å². The number of urea groups is 1. The maximum absolute atomic E-state index is 13.0. The fourth-order valence-electron chi connectivity index (χ4n) is 3.30. The smallest absolute Gasteiger partial charge is 0.335 e. The molecule has 8 heteroatoms. The Kier molecular flexibility index (Phi) is 8.05. The van der Waals surface area contributed by atoms with Gasteiger partial charge in [0, 0.05) is 0 Å². The molecule has 1 saturated heterocycles. The van der Waals surface area contributed by atoms with Gasteiger partial charge in [0.1, 0.15) is 5.57 Å². The Morgan fingerprint density at radius 1 is 1.06 bits per heavy atom. The summed E-state index contributed by atoms with van der Waals surface area (Å²) in [4.78, 5) is 38.6. The van der Waals surface area contributed by atoms with Crippen molar-refractivity contribution in [1.82, 2.24) is 5.32 Å². The lowest BCUT2D eigenvalue weighted by Crippen LogP contribution is -2.54. The van der Waals surface area contributed by atoms with E-state index in [1.54, 1.807) is 42.5 Å². The third kappa shape index (κ3) is 5.37. The number of carbonyl (C=O) groups excluding carboxylic acids is 3. The van der Waals surface area contributed by atoms with Gasteiger partial charge < -0.3 is 9.47 Å². The van der Waals surface area contributed by atoms with Crippen molar-refractivity contribution in [3.05, 3.63) is 58.1 Å². The summed E-state index contributed by atoms with van der Waals surface area (Å²) in [5.41, 5.74) is 0.766. The highest BCUT2D eigenvalue weighted by molar-refractivity contribution is 9.10. The molecule has 2 aromatic rings. The van der Waals surface area contributed by atoms with Gasteiger partial charge in [-0.3, -0.25) is 14.9 Å². The van der Waals surface area contributed by atoms with E-state index in [2.05, 4.69) is 28.2 Å². The monoisotopic (exact) mass is 500 g/mol. The topological polar surface area (TPSA) is 84.9 Å². The molecule has 1 heterocycles. The van der Waals surface area contributed by atoms with E-state index in [-0.39, 0.29) is 5.57 Å². The highest BCUT2D eigenvalue weighted by atomic mass is 79.9. The van der Waals surface area contributed by atoms with Crippen molar-refractivity contribution in [1.29, 1.82) is 0 Å². The number of nitrogens with one attached hydrogen (secondary N) is 1. The number of hydrogen-bond donors (Lipinski definition) is 1. The zero-order valence-corrected chi connectivity index (χ0v) is 19.6. The Labute approximate surface area is 195 Å². The lowest BCUT2D eigenvalue weighted by Gasteiger charge is -2.26. The maximum atomic E-state index is 13.0. The molecule has 0 saturated carbocycles. The average Bonchev–Trinajstić information content (AvgIpc) is 2.78. The number of carbonyl (C=O) groups is 3. The number of rotatable bonds is 9. The number of anilines is 1. The lowest BCUT2D eigenvalue weighted by atomic mass is 10.1. The molecule has 0 atom stereocenters. The molecular weight excluding hydrogens is 476 g/mol.